The van der Waals surface area contributed by atoms with Crippen LogP contribution in [0.3, 0.4) is 0 Å². The lowest BCUT2D eigenvalue weighted by Crippen LogP contribution is -2.42. The summed E-state index contributed by atoms with van der Waals surface area (Å²) >= 11 is 0. The highest BCUT2D eigenvalue weighted by Gasteiger charge is 2.35. The Balaban J connectivity index is 1.88. The molecule has 1 aromatic carbocycles. The summed E-state index contributed by atoms with van der Waals surface area (Å²) < 4.78 is 35.9. The van der Waals surface area contributed by atoms with E-state index in [0.717, 1.165) is 25.8 Å². The molecule has 0 spiro atoms. The summed E-state index contributed by atoms with van der Waals surface area (Å²) in [5.74, 6) is -0.377. The Morgan fingerprint density at radius 2 is 2.14 bits per heavy atom. The number of aromatic nitrogens is 1. The minimum atomic E-state index is -4.23. The summed E-state index contributed by atoms with van der Waals surface area (Å²) in [6.07, 6.45) is 3.01. The predicted octanol–water partition coefficient (Wildman–Crippen LogP) is 2.15. The van der Waals surface area contributed by atoms with E-state index < -0.39 is 10.1 Å². The van der Waals surface area contributed by atoms with E-state index in [-0.39, 0.29) is 11.9 Å². The molecule has 1 atom stereocenters. The van der Waals surface area contributed by atoms with E-state index in [9.17, 15) is 13.0 Å². The van der Waals surface area contributed by atoms with Crippen LogP contribution in [0.25, 0.3) is 10.9 Å². The number of fused-ring (bicyclic) bond motifs is 3. The van der Waals surface area contributed by atoms with Crippen LogP contribution in [-0.2, 0) is 23.1 Å². The van der Waals surface area contributed by atoms with Crippen molar-refractivity contribution in [2.45, 2.75) is 38.8 Å². The molecule has 0 saturated heterocycles. The summed E-state index contributed by atoms with van der Waals surface area (Å²) in [6, 6.07) is 6.59. The van der Waals surface area contributed by atoms with E-state index in [0.29, 0.717) is 6.54 Å². The third kappa shape index (κ3) is 2.17. The highest BCUT2D eigenvalue weighted by molar-refractivity contribution is 7.85. The monoisotopic (exact) mass is 319 g/mol. The second-order valence-corrected chi connectivity index (χ2v) is 7.82. The highest BCUT2D eigenvalue weighted by Crippen LogP contribution is 2.42. The average molecular weight is 319 g/mol. The molecule has 4 rings (SSSR count). The fraction of sp³-hybridized carbons (Fsp3) is 0.500. The molecule has 1 aromatic heterocycles. The number of nitrogens with zero attached hydrogens (tertiary/aromatic N) is 2. The zero-order valence-corrected chi connectivity index (χ0v) is 13.4. The summed E-state index contributed by atoms with van der Waals surface area (Å²) in [5.41, 5.74) is 5.07. The van der Waals surface area contributed by atoms with E-state index in [1.54, 1.807) is 0 Å². The highest BCUT2D eigenvalue weighted by atomic mass is 32.2. The van der Waals surface area contributed by atoms with Gasteiger partial charge < -0.3 is 9.12 Å². The summed E-state index contributed by atoms with van der Waals surface area (Å²) in [5, 5.41) is 1.30. The molecule has 0 N–H and O–H groups in total. The largest absolute Gasteiger partial charge is 0.747 e. The molecule has 22 heavy (non-hydrogen) atoms. The Bertz CT molecular complexity index is 854. The lowest BCUT2D eigenvalue weighted by atomic mass is 9.90. The number of aryl methyl sites for hydroxylation is 2. The van der Waals surface area contributed by atoms with Gasteiger partial charge >= 0.3 is 0 Å². The number of hydrogen-bond acceptors (Lipinski definition) is 4. The van der Waals surface area contributed by atoms with Crippen LogP contribution in [0.2, 0.25) is 0 Å². The van der Waals surface area contributed by atoms with Crippen molar-refractivity contribution >= 4 is 21.0 Å². The zero-order chi connectivity index (χ0) is 15.5. The van der Waals surface area contributed by atoms with Crippen LogP contribution in [0.4, 0.5) is 0 Å². The molecule has 5 nitrogen and oxygen atoms in total. The van der Waals surface area contributed by atoms with E-state index in [1.807, 2.05) is 4.90 Å². The van der Waals surface area contributed by atoms with Crippen LogP contribution < -0.4 is 0 Å². The van der Waals surface area contributed by atoms with Gasteiger partial charge in [-0.25, -0.2) is 8.42 Å². The lowest BCUT2D eigenvalue weighted by molar-refractivity contribution is 0.162. The average Bonchev–Trinajstić information content (AvgIpc) is 2.76. The van der Waals surface area contributed by atoms with Crippen LogP contribution in [0.15, 0.2) is 18.2 Å². The molecule has 0 saturated carbocycles. The molecule has 2 aliphatic rings. The molecule has 1 aliphatic heterocycles. The first-order chi connectivity index (χ1) is 10.4. The van der Waals surface area contributed by atoms with Crippen molar-refractivity contribution in [3.63, 3.8) is 0 Å². The van der Waals surface area contributed by atoms with Crippen molar-refractivity contribution in [1.29, 1.82) is 0 Å². The summed E-state index contributed by atoms with van der Waals surface area (Å²) in [6.45, 7) is 3.47. The van der Waals surface area contributed by atoms with E-state index >= 15 is 0 Å². The van der Waals surface area contributed by atoms with Crippen molar-refractivity contribution < 1.29 is 13.0 Å². The topological polar surface area (TPSA) is 65.4 Å². The van der Waals surface area contributed by atoms with E-state index in [2.05, 4.69) is 29.7 Å². The van der Waals surface area contributed by atoms with Gasteiger partial charge in [-0.3, -0.25) is 4.90 Å². The van der Waals surface area contributed by atoms with Gasteiger partial charge in [0.15, 0.2) is 0 Å². The van der Waals surface area contributed by atoms with Crippen LogP contribution in [0.5, 0.6) is 0 Å². The molecule has 0 amide bonds. The zero-order valence-electron chi connectivity index (χ0n) is 12.6. The predicted molar refractivity (Wildman–Crippen MR) is 83.6 cm³/mol. The number of rotatable bonds is 2. The molecule has 6 heteroatoms. The van der Waals surface area contributed by atoms with Gasteiger partial charge in [-0.1, -0.05) is 11.6 Å². The van der Waals surface area contributed by atoms with Crippen molar-refractivity contribution in [3.05, 3.63) is 35.0 Å². The van der Waals surface area contributed by atoms with Crippen molar-refractivity contribution in [1.82, 2.24) is 9.47 Å². The number of hydrogen-bond donors (Lipinski definition) is 0. The SMILES string of the molecule is Cc1ccc2c(c1)c1c3n2CCN(CS(=O)(=O)[O-])C3CCC1. The van der Waals surface area contributed by atoms with Crippen LogP contribution in [-0.4, -0.2) is 34.9 Å². The van der Waals surface area contributed by atoms with Gasteiger partial charge in [0.25, 0.3) is 0 Å². The third-order valence-electron chi connectivity index (χ3n) is 4.96. The fourth-order valence-electron chi connectivity index (χ4n) is 4.15. The molecule has 2 aromatic rings. The van der Waals surface area contributed by atoms with Crippen LogP contribution in [0, 0.1) is 6.92 Å². The van der Waals surface area contributed by atoms with Gasteiger partial charge in [-0.15, -0.1) is 0 Å². The normalized spacial score (nSPS) is 22.0. The van der Waals surface area contributed by atoms with Crippen LogP contribution >= 0.6 is 0 Å². The second kappa shape index (κ2) is 4.81. The van der Waals surface area contributed by atoms with E-state index in [1.165, 1.54) is 27.7 Å². The van der Waals surface area contributed by atoms with Crippen molar-refractivity contribution in [2.24, 2.45) is 0 Å². The van der Waals surface area contributed by atoms with Gasteiger partial charge in [0.05, 0.1) is 11.9 Å². The summed E-state index contributed by atoms with van der Waals surface area (Å²) in [4.78, 5) is 1.85. The Hall–Kier alpha value is -1.37. The minimum Gasteiger partial charge on any atom is -0.747 e. The Labute approximate surface area is 130 Å². The molecular formula is C16H19N2O3S-. The maximum absolute atomic E-state index is 11.2. The van der Waals surface area contributed by atoms with Crippen molar-refractivity contribution in [3.8, 4) is 0 Å². The first kappa shape index (κ1) is 14.2. The van der Waals surface area contributed by atoms with E-state index in [4.69, 9.17) is 0 Å². The minimum absolute atomic E-state index is 0.0638. The Kier molecular flexibility index (Phi) is 3.11. The van der Waals surface area contributed by atoms with Gasteiger partial charge in [0.2, 0.25) is 0 Å². The third-order valence-corrected chi connectivity index (χ3v) is 5.61. The maximum atomic E-state index is 11.2. The molecular weight excluding hydrogens is 300 g/mol. The maximum Gasteiger partial charge on any atom is 0.108 e. The van der Waals surface area contributed by atoms with Gasteiger partial charge in [0.1, 0.15) is 10.1 Å². The Morgan fingerprint density at radius 3 is 2.91 bits per heavy atom. The number of benzene rings is 1. The lowest BCUT2D eigenvalue weighted by Gasteiger charge is -2.40. The first-order valence-corrected chi connectivity index (χ1v) is 9.31. The fourth-order valence-corrected chi connectivity index (χ4v) is 4.86. The first-order valence-electron chi connectivity index (χ1n) is 7.73. The van der Waals surface area contributed by atoms with Gasteiger partial charge in [-0.2, -0.15) is 0 Å². The smallest absolute Gasteiger partial charge is 0.108 e. The molecule has 0 radical (unpaired) electrons. The molecule has 0 bridgehead atoms. The van der Waals surface area contributed by atoms with Gasteiger partial charge in [-0.05, 0) is 43.9 Å². The molecule has 2 heterocycles. The van der Waals surface area contributed by atoms with Crippen molar-refractivity contribution in [2.75, 3.05) is 12.4 Å². The molecule has 1 unspecified atom stereocenters. The Morgan fingerprint density at radius 1 is 1.32 bits per heavy atom. The molecule has 118 valence electrons. The second-order valence-electron chi connectivity index (χ2n) is 6.44. The van der Waals surface area contributed by atoms with Crippen LogP contribution in [0.1, 0.15) is 35.7 Å². The summed E-state index contributed by atoms with van der Waals surface area (Å²) in [7, 11) is -4.23. The van der Waals surface area contributed by atoms with Gasteiger partial charge in [0, 0.05) is 29.7 Å². The standard InChI is InChI=1S/C16H20N2O3S/c1-11-5-6-14-13(9-11)12-3-2-4-15-16(12)18(14)8-7-17(15)10-22(19,20)21/h5-6,9,15H,2-4,7-8,10H2,1H3,(H,19,20,21)/p-1. The molecule has 1 aliphatic carbocycles. The molecule has 0 fully saturated rings. The quantitative estimate of drug-likeness (QED) is 0.796.